The van der Waals surface area contributed by atoms with Gasteiger partial charge in [-0.3, -0.25) is 9.78 Å². The van der Waals surface area contributed by atoms with Crippen LogP contribution < -0.4 is 9.88 Å². The van der Waals surface area contributed by atoms with Crippen molar-refractivity contribution in [2.24, 2.45) is 5.14 Å². The van der Waals surface area contributed by atoms with E-state index in [0.29, 0.717) is 23.6 Å². The number of benzene rings is 2. The van der Waals surface area contributed by atoms with Crippen LogP contribution in [0, 0.1) is 0 Å². The van der Waals surface area contributed by atoms with Gasteiger partial charge in [0, 0.05) is 35.5 Å². The van der Waals surface area contributed by atoms with Crippen molar-refractivity contribution in [2.75, 3.05) is 7.11 Å². The summed E-state index contributed by atoms with van der Waals surface area (Å²) in [5.74, 6) is 0.300. The Morgan fingerprint density at radius 3 is 2.36 bits per heavy atom. The van der Waals surface area contributed by atoms with Crippen LogP contribution in [-0.2, 0) is 26.2 Å². The highest BCUT2D eigenvalue weighted by Crippen LogP contribution is 2.31. The van der Waals surface area contributed by atoms with Crippen molar-refractivity contribution in [1.82, 2.24) is 14.8 Å². The summed E-state index contributed by atoms with van der Waals surface area (Å²) in [4.78, 5) is 15.9. The molecule has 0 saturated heterocycles. The number of pyridine rings is 1. The molecule has 186 valence electrons. The van der Waals surface area contributed by atoms with Gasteiger partial charge in [0.2, 0.25) is 10.0 Å². The van der Waals surface area contributed by atoms with Gasteiger partial charge in [0.15, 0.2) is 0 Å². The van der Waals surface area contributed by atoms with Crippen LogP contribution >= 0.6 is 0 Å². The quantitative estimate of drug-likeness (QED) is 0.339. The van der Waals surface area contributed by atoms with Gasteiger partial charge in [-0.2, -0.15) is 5.10 Å². The Morgan fingerprint density at radius 1 is 1.00 bits per heavy atom. The fourth-order valence-electron chi connectivity index (χ4n) is 3.73. The molecule has 0 aliphatic rings. The van der Waals surface area contributed by atoms with Crippen molar-refractivity contribution >= 4 is 16.0 Å². The lowest BCUT2D eigenvalue weighted by atomic mass is 10.1. The Balaban J connectivity index is 1.84. The fourth-order valence-corrected chi connectivity index (χ4v) is 4.47. The Bertz CT molecular complexity index is 1470. The number of ether oxygens (including phenoxy) is 2. The predicted octanol–water partition coefficient (Wildman–Crippen LogP) is 4.10. The van der Waals surface area contributed by atoms with Gasteiger partial charge in [-0.15, -0.1) is 0 Å². The van der Waals surface area contributed by atoms with Crippen LogP contribution in [0.1, 0.15) is 25.3 Å². The molecule has 2 aromatic carbocycles. The van der Waals surface area contributed by atoms with E-state index < -0.39 is 16.0 Å². The molecule has 4 aromatic rings. The van der Waals surface area contributed by atoms with Crippen LogP contribution in [0.4, 0.5) is 0 Å². The number of nitrogens with two attached hydrogens (primary N) is 1. The van der Waals surface area contributed by atoms with E-state index in [2.05, 4.69) is 4.98 Å². The second kappa shape index (κ2) is 10.7. The molecule has 0 fully saturated rings. The fraction of sp³-hybridized carbons (Fsp3) is 0.192. The second-order valence-corrected chi connectivity index (χ2v) is 9.57. The molecule has 0 atom stereocenters. The van der Waals surface area contributed by atoms with Crippen LogP contribution in [0.3, 0.4) is 0 Å². The lowest BCUT2D eigenvalue weighted by molar-refractivity contribution is -0.145. The largest absolute Gasteiger partial charge is 0.497 e. The van der Waals surface area contributed by atoms with Gasteiger partial charge >= 0.3 is 5.97 Å². The van der Waals surface area contributed by atoms with Gasteiger partial charge in [0.25, 0.3) is 0 Å². The summed E-state index contributed by atoms with van der Waals surface area (Å²) in [6.07, 6.45) is 4.23. The van der Waals surface area contributed by atoms with Gasteiger partial charge in [-0.05, 0) is 67.1 Å². The summed E-state index contributed by atoms with van der Waals surface area (Å²) < 4.78 is 36.7. The van der Waals surface area contributed by atoms with E-state index in [-0.39, 0.29) is 23.5 Å². The molecule has 0 radical (unpaired) electrons. The number of primary sulfonamides is 1. The number of hydrogen-bond donors (Lipinski definition) is 1. The van der Waals surface area contributed by atoms with Crippen LogP contribution in [0.5, 0.6) is 5.75 Å². The van der Waals surface area contributed by atoms with E-state index in [4.69, 9.17) is 19.7 Å². The SMILES string of the molecule is CCCC(=O)OCc1cc(-n2nc(-c3ccncc3)cc2-c2ccc(OC)cc2)ccc1S(N)(=O)=O. The van der Waals surface area contributed by atoms with E-state index in [0.717, 1.165) is 16.8 Å². The van der Waals surface area contributed by atoms with E-state index in [1.807, 2.05) is 49.4 Å². The Hall–Kier alpha value is -4.02. The monoisotopic (exact) mass is 506 g/mol. The molecule has 0 amide bonds. The van der Waals surface area contributed by atoms with Crippen LogP contribution in [0.15, 0.2) is 78.0 Å². The molecular weight excluding hydrogens is 480 g/mol. The number of methoxy groups -OCH3 is 1. The average molecular weight is 507 g/mol. The summed E-state index contributed by atoms with van der Waals surface area (Å²) in [6, 6.07) is 17.8. The van der Waals surface area contributed by atoms with Crippen molar-refractivity contribution in [3.63, 3.8) is 0 Å². The summed E-state index contributed by atoms with van der Waals surface area (Å²) in [7, 11) is -2.44. The van der Waals surface area contributed by atoms with Crippen LogP contribution in [0.25, 0.3) is 28.2 Å². The molecule has 4 rings (SSSR count). The maximum absolute atomic E-state index is 12.2. The van der Waals surface area contributed by atoms with E-state index in [9.17, 15) is 13.2 Å². The molecule has 2 aromatic heterocycles. The molecule has 2 N–H and O–H groups in total. The molecule has 0 bridgehead atoms. The number of sulfonamides is 1. The van der Waals surface area contributed by atoms with Gasteiger partial charge in [-0.25, -0.2) is 18.2 Å². The molecule has 9 nitrogen and oxygen atoms in total. The number of rotatable bonds is 9. The summed E-state index contributed by atoms with van der Waals surface area (Å²) in [5, 5.41) is 10.2. The third-order valence-corrected chi connectivity index (χ3v) is 6.52. The topological polar surface area (TPSA) is 126 Å². The van der Waals surface area contributed by atoms with Crippen molar-refractivity contribution in [2.45, 2.75) is 31.3 Å². The zero-order valence-electron chi connectivity index (χ0n) is 19.9. The van der Waals surface area contributed by atoms with Crippen LogP contribution in [-0.4, -0.2) is 36.3 Å². The summed E-state index contributed by atoms with van der Waals surface area (Å²) in [6.45, 7) is 1.63. The first-order valence-corrected chi connectivity index (χ1v) is 12.8. The number of carbonyl (C=O) groups excluding carboxylic acids is 1. The third-order valence-electron chi connectivity index (χ3n) is 5.51. The number of hydrogen-bond acceptors (Lipinski definition) is 7. The molecule has 0 spiro atoms. The Morgan fingerprint density at radius 2 is 1.72 bits per heavy atom. The zero-order chi connectivity index (χ0) is 25.7. The van der Waals surface area contributed by atoms with Gasteiger partial charge in [-0.1, -0.05) is 6.92 Å². The molecule has 2 heterocycles. The first kappa shape index (κ1) is 25.1. The summed E-state index contributed by atoms with van der Waals surface area (Å²) >= 11 is 0. The van der Waals surface area contributed by atoms with Crippen molar-refractivity contribution in [3.05, 3.63) is 78.6 Å². The lowest BCUT2D eigenvalue weighted by Crippen LogP contribution is -2.16. The first-order valence-electron chi connectivity index (χ1n) is 11.3. The van der Waals surface area contributed by atoms with Gasteiger partial charge in [0.1, 0.15) is 12.4 Å². The lowest BCUT2D eigenvalue weighted by Gasteiger charge is -2.13. The zero-order valence-corrected chi connectivity index (χ0v) is 20.7. The smallest absolute Gasteiger partial charge is 0.306 e. The number of carbonyl (C=O) groups is 1. The Kier molecular flexibility index (Phi) is 7.47. The molecule has 0 unspecified atom stereocenters. The summed E-state index contributed by atoms with van der Waals surface area (Å²) in [5.41, 5.74) is 4.05. The predicted molar refractivity (Wildman–Crippen MR) is 135 cm³/mol. The number of esters is 1. The highest BCUT2D eigenvalue weighted by atomic mass is 32.2. The third kappa shape index (κ3) is 5.61. The maximum atomic E-state index is 12.2. The maximum Gasteiger partial charge on any atom is 0.306 e. The molecule has 10 heteroatoms. The molecular formula is C26H26N4O5S. The highest BCUT2D eigenvalue weighted by molar-refractivity contribution is 7.89. The van der Waals surface area contributed by atoms with E-state index in [1.165, 1.54) is 6.07 Å². The van der Waals surface area contributed by atoms with Crippen molar-refractivity contribution in [3.8, 4) is 34.0 Å². The van der Waals surface area contributed by atoms with Gasteiger partial charge in [0.05, 0.1) is 29.1 Å². The minimum atomic E-state index is -4.04. The molecule has 0 saturated carbocycles. The first-order chi connectivity index (χ1) is 17.3. The van der Waals surface area contributed by atoms with Crippen LogP contribution in [0.2, 0.25) is 0 Å². The second-order valence-electron chi connectivity index (χ2n) is 8.04. The normalized spacial score (nSPS) is 11.3. The number of aromatic nitrogens is 3. The standard InChI is InChI=1S/C26H26N4O5S/c1-3-4-26(31)35-17-20-15-21(7-10-25(20)36(27,32)33)30-24(19-5-8-22(34-2)9-6-19)16-23(29-30)18-11-13-28-14-12-18/h5-16H,3-4,17H2,1-2H3,(H2,27,32,33). The molecule has 0 aliphatic heterocycles. The average Bonchev–Trinajstić information content (AvgIpc) is 3.33. The number of nitrogens with zero attached hydrogens (tertiary/aromatic N) is 3. The minimum Gasteiger partial charge on any atom is -0.497 e. The molecule has 0 aliphatic carbocycles. The molecule has 36 heavy (non-hydrogen) atoms. The van der Waals surface area contributed by atoms with E-state index >= 15 is 0 Å². The van der Waals surface area contributed by atoms with Crippen molar-refractivity contribution in [1.29, 1.82) is 0 Å². The highest BCUT2D eigenvalue weighted by Gasteiger charge is 2.19. The van der Waals surface area contributed by atoms with Crippen molar-refractivity contribution < 1.29 is 22.7 Å². The minimum absolute atomic E-state index is 0.108. The Labute approximate surface area is 209 Å². The van der Waals surface area contributed by atoms with Gasteiger partial charge < -0.3 is 9.47 Å². The van der Waals surface area contributed by atoms with E-state index in [1.54, 1.807) is 36.3 Å².